The van der Waals surface area contributed by atoms with Crippen molar-refractivity contribution in [1.82, 2.24) is 0 Å². The summed E-state index contributed by atoms with van der Waals surface area (Å²) in [5.41, 5.74) is 2.28. The van der Waals surface area contributed by atoms with Gasteiger partial charge in [-0.3, -0.25) is 4.79 Å². The fourth-order valence-corrected chi connectivity index (χ4v) is 2.96. The Bertz CT molecular complexity index is 548. The molecule has 0 saturated heterocycles. The lowest BCUT2D eigenvalue weighted by atomic mass is 10.0. The van der Waals surface area contributed by atoms with E-state index in [1.807, 2.05) is 23.8 Å². The van der Waals surface area contributed by atoms with Crippen LogP contribution in [0.2, 0.25) is 5.02 Å². The van der Waals surface area contributed by atoms with Crippen LogP contribution >= 0.6 is 38.9 Å². The first kappa shape index (κ1) is 11.8. The molecule has 0 unspecified atom stereocenters. The molecule has 0 N–H and O–H groups in total. The lowest BCUT2D eigenvalue weighted by molar-refractivity contribution is 0.103. The Morgan fingerprint density at radius 1 is 1.38 bits per heavy atom. The number of aryl methyl sites for hydroxylation is 1. The fraction of sp³-hybridized carbons (Fsp3) is 0.0833. The van der Waals surface area contributed by atoms with Crippen molar-refractivity contribution < 1.29 is 4.79 Å². The van der Waals surface area contributed by atoms with Crippen LogP contribution in [0.4, 0.5) is 0 Å². The molecule has 2 aromatic rings. The number of hydrogen-bond donors (Lipinski definition) is 0. The van der Waals surface area contributed by atoms with E-state index in [4.69, 9.17) is 11.6 Å². The highest BCUT2D eigenvalue weighted by Crippen LogP contribution is 2.25. The van der Waals surface area contributed by atoms with E-state index in [-0.39, 0.29) is 5.78 Å². The summed E-state index contributed by atoms with van der Waals surface area (Å²) in [5, 5.41) is 4.42. The maximum absolute atomic E-state index is 12.1. The summed E-state index contributed by atoms with van der Waals surface area (Å²) in [4.78, 5) is 12.1. The Labute approximate surface area is 111 Å². The lowest BCUT2D eigenvalue weighted by Crippen LogP contribution is -2.00. The molecule has 0 bridgehead atoms. The van der Waals surface area contributed by atoms with Crippen LogP contribution in [0.25, 0.3) is 0 Å². The first-order valence-corrected chi connectivity index (χ1v) is 6.73. The van der Waals surface area contributed by atoms with Gasteiger partial charge in [0.1, 0.15) is 0 Å². The standard InChI is InChI=1S/C12H8BrClOS/c1-7-4-8(2-3-11(7)14)12(15)9-5-16-6-10(9)13/h2-6H,1H3. The van der Waals surface area contributed by atoms with Crippen molar-refractivity contribution in [2.75, 3.05) is 0 Å². The molecule has 0 fully saturated rings. The molecule has 0 atom stereocenters. The van der Waals surface area contributed by atoms with Crippen LogP contribution in [0.15, 0.2) is 33.4 Å². The number of rotatable bonds is 2. The molecule has 82 valence electrons. The minimum absolute atomic E-state index is 0.0212. The van der Waals surface area contributed by atoms with E-state index in [0.29, 0.717) is 16.1 Å². The van der Waals surface area contributed by atoms with Gasteiger partial charge in [-0.1, -0.05) is 11.6 Å². The predicted octanol–water partition coefficient (Wildman–Crippen LogP) is 4.70. The average Bonchev–Trinajstić information content (AvgIpc) is 2.67. The summed E-state index contributed by atoms with van der Waals surface area (Å²) in [6.07, 6.45) is 0. The normalized spacial score (nSPS) is 10.4. The molecule has 1 nitrogen and oxygen atoms in total. The number of benzene rings is 1. The van der Waals surface area contributed by atoms with Crippen LogP contribution in [0.5, 0.6) is 0 Å². The van der Waals surface area contributed by atoms with Gasteiger partial charge in [-0.15, -0.1) is 0 Å². The first-order chi connectivity index (χ1) is 7.59. The van der Waals surface area contributed by atoms with E-state index in [1.54, 1.807) is 12.1 Å². The van der Waals surface area contributed by atoms with Crippen LogP contribution in [0.1, 0.15) is 21.5 Å². The van der Waals surface area contributed by atoms with Crippen molar-refractivity contribution >= 4 is 44.7 Å². The molecule has 0 spiro atoms. The molecule has 1 heterocycles. The topological polar surface area (TPSA) is 17.1 Å². The van der Waals surface area contributed by atoms with Gasteiger partial charge in [0.05, 0.1) is 0 Å². The second kappa shape index (κ2) is 4.70. The van der Waals surface area contributed by atoms with Gasteiger partial charge in [-0.25, -0.2) is 0 Å². The van der Waals surface area contributed by atoms with Crippen LogP contribution in [0.3, 0.4) is 0 Å². The van der Waals surface area contributed by atoms with Crippen LogP contribution in [-0.2, 0) is 0 Å². The maximum Gasteiger partial charge on any atom is 0.195 e. The number of carbonyl (C=O) groups excluding carboxylic acids is 1. The third-order valence-electron chi connectivity index (χ3n) is 2.28. The SMILES string of the molecule is Cc1cc(C(=O)c2cscc2Br)ccc1Cl. The smallest absolute Gasteiger partial charge is 0.195 e. The maximum atomic E-state index is 12.1. The summed E-state index contributed by atoms with van der Waals surface area (Å²) in [6, 6.07) is 5.32. The van der Waals surface area contributed by atoms with E-state index in [2.05, 4.69) is 15.9 Å². The van der Waals surface area contributed by atoms with E-state index in [1.165, 1.54) is 11.3 Å². The number of hydrogen-bond acceptors (Lipinski definition) is 2. The second-order valence-corrected chi connectivity index (χ2v) is 5.43. The molecule has 1 aromatic heterocycles. The molecule has 0 amide bonds. The zero-order valence-electron chi connectivity index (χ0n) is 8.46. The summed E-state index contributed by atoms with van der Waals surface area (Å²) in [5.74, 6) is 0.0212. The molecular formula is C12H8BrClOS. The summed E-state index contributed by atoms with van der Waals surface area (Å²) < 4.78 is 0.843. The van der Waals surface area contributed by atoms with Gasteiger partial charge < -0.3 is 0 Å². The summed E-state index contributed by atoms with van der Waals surface area (Å²) in [6.45, 7) is 1.89. The molecule has 16 heavy (non-hydrogen) atoms. The largest absolute Gasteiger partial charge is 0.289 e. The zero-order chi connectivity index (χ0) is 11.7. The molecular weight excluding hydrogens is 308 g/mol. The fourth-order valence-electron chi connectivity index (χ4n) is 1.38. The number of halogens is 2. The Hall–Kier alpha value is -0.640. The van der Waals surface area contributed by atoms with Crippen molar-refractivity contribution in [2.24, 2.45) is 0 Å². The van der Waals surface area contributed by atoms with Gasteiger partial charge in [0.25, 0.3) is 0 Å². The first-order valence-electron chi connectivity index (χ1n) is 4.62. The van der Waals surface area contributed by atoms with Gasteiger partial charge in [0, 0.05) is 31.4 Å². The molecule has 1 aromatic carbocycles. The highest BCUT2D eigenvalue weighted by atomic mass is 79.9. The van der Waals surface area contributed by atoms with E-state index in [0.717, 1.165) is 10.0 Å². The third-order valence-corrected chi connectivity index (χ3v) is 4.41. The van der Waals surface area contributed by atoms with Gasteiger partial charge >= 0.3 is 0 Å². The average molecular weight is 316 g/mol. The summed E-state index contributed by atoms with van der Waals surface area (Å²) in [7, 11) is 0. The van der Waals surface area contributed by atoms with Gasteiger partial charge in [-0.05, 0) is 46.6 Å². The minimum Gasteiger partial charge on any atom is -0.289 e. The van der Waals surface area contributed by atoms with Crippen molar-refractivity contribution in [3.8, 4) is 0 Å². The van der Waals surface area contributed by atoms with Crippen LogP contribution < -0.4 is 0 Å². The zero-order valence-corrected chi connectivity index (χ0v) is 11.6. The van der Waals surface area contributed by atoms with Crippen LogP contribution in [-0.4, -0.2) is 5.78 Å². The number of thiophene rings is 1. The highest BCUT2D eigenvalue weighted by molar-refractivity contribution is 9.10. The Morgan fingerprint density at radius 3 is 2.69 bits per heavy atom. The van der Waals surface area contributed by atoms with Crippen molar-refractivity contribution in [3.05, 3.63) is 55.1 Å². The van der Waals surface area contributed by atoms with Gasteiger partial charge in [-0.2, -0.15) is 11.3 Å². The number of carbonyl (C=O) groups is 1. The van der Waals surface area contributed by atoms with Crippen molar-refractivity contribution in [2.45, 2.75) is 6.92 Å². The molecule has 0 saturated carbocycles. The highest BCUT2D eigenvalue weighted by Gasteiger charge is 2.13. The molecule has 0 aliphatic rings. The Kier molecular flexibility index (Phi) is 3.47. The Balaban J connectivity index is 2.42. The van der Waals surface area contributed by atoms with E-state index < -0.39 is 0 Å². The van der Waals surface area contributed by atoms with E-state index >= 15 is 0 Å². The van der Waals surface area contributed by atoms with Gasteiger partial charge in [0.2, 0.25) is 0 Å². The van der Waals surface area contributed by atoms with Crippen LogP contribution in [0, 0.1) is 6.92 Å². The second-order valence-electron chi connectivity index (χ2n) is 3.43. The van der Waals surface area contributed by atoms with Crippen molar-refractivity contribution in [1.29, 1.82) is 0 Å². The lowest BCUT2D eigenvalue weighted by Gasteiger charge is -2.02. The monoisotopic (exact) mass is 314 g/mol. The van der Waals surface area contributed by atoms with Crippen molar-refractivity contribution in [3.63, 3.8) is 0 Å². The summed E-state index contributed by atoms with van der Waals surface area (Å²) >= 11 is 10.8. The Morgan fingerprint density at radius 2 is 2.12 bits per heavy atom. The predicted molar refractivity (Wildman–Crippen MR) is 71.6 cm³/mol. The number of ketones is 1. The van der Waals surface area contributed by atoms with Gasteiger partial charge in [0.15, 0.2) is 5.78 Å². The molecule has 4 heteroatoms. The molecule has 0 aliphatic heterocycles. The molecule has 0 aliphatic carbocycles. The minimum atomic E-state index is 0.0212. The molecule has 0 radical (unpaired) electrons. The molecule has 2 rings (SSSR count). The third kappa shape index (κ3) is 2.21. The van der Waals surface area contributed by atoms with E-state index in [9.17, 15) is 4.79 Å². The quantitative estimate of drug-likeness (QED) is 0.734.